The summed E-state index contributed by atoms with van der Waals surface area (Å²) in [5, 5.41) is 9.76. The summed E-state index contributed by atoms with van der Waals surface area (Å²) in [4.78, 5) is 12.3. The van der Waals surface area contributed by atoms with E-state index in [1.807, 2.05) is 6.92 Å². The highest BCUT2D eigenvalue weighted by Crippen LogP contribution is 2.27. The fraction of sp³-hybridized carbons (Fsp3) is 0.583. The lowest BCUT2D eigenvalue weighted by atomic mass is 10.2. The van der Waals surface area contributed by atoms with Crippen molar-refractivity contribution in [3.63, 3.8) is 0 Å². The number of hydrogen-bond acceptors (Lipinski definition) is 8. The third-order valence-electron chi connectivity index (χ3n) is 3.14. The molecule has 0 radical (unpaired) electrons. The van der Waals surface area contributed by atoms with E-state index in [0.717, 1.165) is 36.8 Å². The van der Waals surface area contributed by atoms with Crippen molar-refractivity contribution in [3.8, 4) is 6.01 Å². The zero-order valence-corrected chi connectivity index (χ0v) is 12.6. The van der Waals surface area contributed by atoms with E-state index in [1.165, 1.54) is 18.2 Å². The summed E-state index contributed by atoms with van der Waals surface area (Å²) >= 11 is 1.34. The van der Waals surface area contributed by atoms with Gasteiger partial charge in [0.1, 0.15) is 5.82 Å². The molecule has 1 aliphatic heterocycles. The summed E-state index contributed by atoms with van der Waals surface area (Å²) in [6.07, 6.45) is 4.50. The second-order valence-electron chi connectivity index (χ2n) is 4.65. The van der Waals surface area contributed by atoms with E-state index >= 15 is 0 Å². The fourth-order valence-electron chi connectivity index (χ4n) is 2.21. The van der Waals surface area contributed by atoms with Gasteiger partial charge in [0.2, 0.25) is 11.1 Å². The molecule has 0 aliphatic carbocycles. The van der Waals surface area contributed by atoms with Crippen LogP contribution < -0.4 is 10.5 Å². The largest absolute Gasteiger partial charge is 0.464 e. The lowest BCUT2D eigenvalue weighted by molar-refractivity contribution is 0.308. The Balaban J connectivity index is 1.85. The molecule has 112 valence electrons. The van der Waals surface area contributed by atoms with Crippen molar-refractivity contribution in [2.45, 2.75) is 49.5 Å². The molecular weight excluding hydrogens is 290 g/mol. The Hall–Kier alpha value is -1.90. The summed E-state index contributed by atoms with van der Waals surface area (Å²) in [7, 11) is 0. The quantitative estimate of drug-likeness (QED) is 0.901. The molecule has 3 rings (SSSR count). The summed E-state index contributed by atoms with van der Waals surface area (Å²) in [6, 6.07) is 0.239. The molecular formula is C12H17N7OS. The molecule has 0 unspecified atom stereocenters. The van der Waals surface area contributed by atoms with Gasteiger partial charge in [-0.15, -0.1) is 10.2 Å². The normalized spacial score (nSPS) is 14.5. The maximum atomic E-state index is 5.68. The minimum atomic E-state index is 0.145. The standard InChI is InChI=1S/C12H17N7OS/c1-2-20-10-14-9(13)15-11(16-10)21-12-18-17-8-6-4-3-5-7-19(8)12/h2-7H2,1H3,(H2,13,14,15,16). The van der Waals surface area contributed by atoms with E-state index in [-0.39, 0.29) is 12.0 Å². The van der Waals surface area contributed by atoms with Gasteiger partial charge in [-0.25, -0.2) is 0 Å². The van der Waals surface area contributed by atoms with Gasteiger partial charge in [0.25, 0.3) is 0 Å². The van der Waals surface area contributed by atoms with Crippen molar-refractivity contribution in [1.29, 1.82) is 0 Å². The SMILES string of the molecule is CCOc1nc(N)nc(Sc2nnc3n2CCCCC3)n1. The van der Waals surface area contributed by atoms with Crippen molar-refractivity contribution in [1.82, 2.24) is 29.7 Å². The molecule has 0 amide bonds. The lowest BCUT2D eigenvalue weighted by Crippen LogP contribution is -2.06. The number of nitrogens with zero attached hydrogens (tertiary/aromatic N) is 6. The fourth-order valence-corrected chi connectivity index (χ4v) is 3.02. The van der Waals surface area contributed by atoms with Crippen LogP contribution in [-0.2, 0) is 13.0 Å². The van der Waals surface area contributed by atoms with E-state index in [9.17, 15) is 0 Å². The molecule has 21 heavy (non-hydrogen) atoms. The third kappa shape index (κ3) is 3.23. The van der Waals surface area contributed by atoms with Gasteiger partial charge in [-0.1, -0.05) is 6.42 Å². The van der Waals surface area contributed by atoms with Crippen LogP contribution in [0.5, 0.6) is 6.01 Å². The monoisotopic (exact) mass is 307 g/mol. The van der Waals surface area contributed by atoms with Crippen LogP contribution in [0.1, 0.15) is 32.0 Å². The van der Waals surface area contributed by atoms with Crippen LogP contribution in [0.2, 0.25) is 0 Å². The van der Waals surface area contributed by atoms with E-state index in [1.54, 1.807) is 0 Å². The lowest BCUT2D eigenvalue weighted by Gasteiger charge is -2.06. The number of anilines is 1. The molecule has 3 heterocycles. The first-order valence-electron chi connectivity index (χ1n) is 7.00. The van der Waals surface area contributed by atoms with Crippen LogP contribution in [0.3, 0.4) is 0 Å². The molecule has 0 saturated carbocycles. The van der Waals surface area contributed by atoms with Crippen molar-refractivity contribution in [3.05, 3.63) is 5.82 Å². The smallest absolute Gasteiger partial charge is 0.322 e. The predicted octanol–water partition coefficient (Wildman–Crippen LogP) is 1.32. The first-order valence-corrected chi connectivity index (χ1v) is 7.82. The molecule has 8 nitrogen and oxygen atoms in total. The molecule has 0 bridgehead atoms. The zero-order chi connectivity index (χ0) is 14.7. The highest BCUT2D eigenvalue weighted by Gasteiger charge is 2.17. The van der Waals surface area contributed by atoms with Crippen LogP contribution in [0.25, 0.3) is 0 Å². The minimum Gasteiger partial charge on any atom is -0.464 e. The molecule has 2 N–H and O–H groups in total. The maximum absolute atomic E-state index is 5.68. The van der Waals surface area contributed by atoms with E-state index < -0.39 is 0 Å². The molecule has 9 heteroatoms. The van der Waals surface area contributed by atoms with Gasteiger partial charge in [-0.05, 0) is 31.5 Å². The van der Waals surface area contributed by atoms with Gasteiger partial charge in [-0.3, -0.25) is 0 Å². The molecule has 2 aromatic heterocycles. The molecule has 0 fully saturated rings. The van der Waals surface area contributed by atoms with E-state index in [0.29, 0.717) is 11.8 Å². The molecule has 0 aromatic carbocycles. The van der Waals surface area contributed by atoms with Crippen LogP contribution in [0.15, 0.2) is 10.3 Å². The second-order valence-corrected chi connectivity index (χ2v) is 5.59. The Morgan fingerprint density at radius 1 is 1.19 bits per heavy atom. The van der Waals surface area contributed by atoms with Gasteiger partial charge >= 0.3 is 6.01 Å². The van der Waals surface area contributed by atoms with Crippen LogP contribution in [0.4, 0.5) is 5.95 Å². The van der Waals surface area contributed by atoms with Crippen molar-refractivity contribution in [2.75, 3.05) is 12.3 Å². The molecule has 1 aliphatic rings. The van der Waals surface area contributed by atoms with Crippen LogP contribution in [-0.4, -0.2) is 36.3 Å². The highest BCUT2D eigenvalue weighted by molar-refractivity contribution is 7.99. The average Bonchev–Trinajstić information content (AvgIpc) is 2.68. The molecule has 0 atom stereocenters. The average molecular weight is 307 g/mol. The topological polar surface area (TPSA) is 105 Å². The Morgan fingerprint density at radius 2 is 2.10 bits per heavy atom. The summed E-state index contributed by atoms with van der Waals surface area (Å²) in [5.41, 5.74) is 5.68. The maximum Gasteiger partial charge on any atom is 0.322 e. The highest BCUT2D eigenvalue weighted by atomic mass is 32.2. The number of nitrogens with two attached hydrogens (primary N) is 1. The summed E-state index contributed by atoms with van der Waals surface area (Å²) in [6.45, 7) is 3.28. The molecule has 2 aromatic rings. The van der Waals surface area contributed by atoms with Gasteiger partial charge in [-0.2, -0.15) is 15.0 Å². The Kier molecular flexibility index (Phi) is 4.18. The number of aryl methyl sites for hydroxylation is 1. The predicted molar refractivity (Wildman–Crippen MR) is 77.1 cm³/mol. The Morgan fingerprint density at radius 3 is 2.95 bits per heavy atom. The molecule has 0 spiro atoms. The van der Waals surface area contributed by atoms with Gasteiger partial charge < -0.3 is 15.0 Å². The third-order valence-corrected chi connectivity index (χ3v) is 3.99. The Bertz CT molecular complexity index is 630. The van der Waals surface area contributed by atoms with Gasteiger partial charge in [0, 0.05) is 13.0 Å². The number of hydrogen-bond donors (Lipinski definition) is 1. The van der Waals surface area contributed by atoms with Crippen LogP contribution >= 0.6 is 11.8 Å². The Labute approximate surface area is 126 Å². The first kappa shape index (κ1) is 14.1. The first-order chi connectivity index (χ1) is 10.3. The van der Waals surface area contributed by atoms with Crippen molar-refractivity contribution < 1.29 is 4.74 Å². The van der Waals surface area contributed by atoms with E-state index in [4.69, 9.17) is 10.5 Å². The summed E-state index contributed by atoms with van der Waals surface area (Å²) < 4.78 is 7.42. The minimum absolute atomic E-state index is 0.145. The van der Waals surface area contributed by atoms with Crippen molar-refractivity contribution >= 4 is 17.7 Å². The van der Waals surface area contributed by atoms with Crippen molar-refractivity contribution in [2.24, 2.45) is 0 Å². The van der Waals surface area contributed by atoms with Gasteiger partial charge in [0.15, 0.2) is 5.16 Å². The number of nitrogen functional groups attached to an aromatic ring is 1. The van der Waals surface area contributed by atoms with Gasteiger partial charge in [0.05, 0.1) is 6.61 Å². The number of aromatic nitrogens is 6. The number of ether oxygens (including phenoxy) is 1. The number of rotatable bonds is 4. The zero-order valence-electron chi connectivity index (χ0n) is 11.8. The van der Waals surface area contributed by atoms with Crippen LogP contribution in [0, 0.1) is 0 Å². The molecule has 0 saturated heterocycles. The summed E-state index contributed by atoms with van der Waals surface area (Å²) in [5.74, 6) is 1.17. The number of fused-ring (bicyclic) bond motifs is 1. The van der Waals surface area contributed by atoms with E-state index in [2.05, 4.69) is 29.7 Å². The second kappa shape index (κ2) is 6.25.